The summed E-state index contributed by atoms with van der Waals surface area (Å²) in [6.45, 7) is 4.19. The number of nitrogens with one attached hydrogen (secondary N) is 1. The van der Waals surface area contributed by atoms with Crippen LogP contribution in [0.3, 0.4) is 0 Å². The fourth-order valence-corrected chi connectivity index (χ4v) is 5.17. The Labute approximate surface area is 195 Å². The monoisotopic (exact) mass is 462 g/mol. The summed E-state index contributed by atoms with van der Waals surface area (Å²) in [4.78, 5) is 30.3. The highest BCUT2D eigenvalue weighted by molar-refractivity contribution is 7.99. The SMILES string of the molecule is CC1(C)CC(=O)C2=C(C1)Nc1nc(SCC(=O)c3ccc(F)cc3)nn1[C@H]2c1ccccc1. The zero-order valence-electron chi connectivity index (χ0n) is 18.3. The van der Waals surface area contributed by atoms with E-state index in [4.69, 9.17) is 0 Å². The van der Waals surface area contributed by atoms with Gasteiger partial charge in [-0.2, -0.15) is 4.98 Å². The van der Waals surface area contributed by atoms with E-state index in [1.807, 2.05) is 30.3 Å². The summed E-state index contributed by atoms with van der Waals surface area (Å²) in [5.41, 5.74) is 2.90. The summed E-state index contributed by atoms with van der Waals surface area (Å²) in [6, 6.07) is 14.9. The van der Waals surface area contributed by atoms with E-state index in [0.29, 0.717) is 23.1 Å². The standard InChI is InChI=1S/C25H23FN4O2S/c1-25(2)12-18-21(19(31)13-25)22(16-6-4-3-5-7-16)30-23(27-18)28-24(29-30)33-14-20(32)15-8-10-17(26)11-9-15/h3-11,22H,12-14H2,1-2H3,(H,27,28,29)/t22-/m0/s1. The highest BCUT2D eigenvalue weighted by Crippen LogP contribution is 2.45. The molecule has 5 rings (SSSR count). The molecule has 1 atom stereocenters. The van der Waals surface area contributed by atoms with Crippen LogP contribution in [0.5, 0.6) is 0 Å². The minimum Gasteiger partial charge on any atom is -0.328 e. The van der Waals surface area contributed by atoms with Gasteiger partial charge in [-0.1, -0.05) is 55.9 Å². The van der Waals surface area contributed by atoms with Gasteiger partial charge in [0.15, 0.2) is 11.6 Å². The summed E-state index contributed by atoms with van der Waals surface area (Å²) in [7, 11) is 0. The molecule has 2 aromatic carbocycles. The van der Waals surface area contributed by atoms with Crippen molar-refractivity contribution >= 4 is 29.3 Å². The summed E-state index contributed by atoms with van der Waals surface area (Å²) in [6.07, 6.45) is 1.23. The molecule has 168 valence electrons. The number of nitrogens with zero attached hydrogens (tertiary/aromatic N) is 3. The van der Waals surface area contributed by atoms with Crippen molar-refractivity contribution in [2.45, 2.75) is 37.9 Å². The van der Waals surface area contributed by atoms with Crippen molar-refractivity contribution in [1.29, 1.82) is 0 Å². The molecule has 1 aromatic heterocycles. The van der Waals surface area contributed by atoms with Crippen molar-refractivity contribution in [2.24, 2.45) is 5.41 Å². The first-order valence-electron chi connectivity index (χ1n) is 10.8. The third-order valence-corrected chi connectivity index (χ3v) is 6.76. The lowest BCUT2D eigenvalue weighted by molar-refractivity contribution is -0.118. The van der Waals surface area contributed by atoms with E-state index >= 15 is 0 Å². The number of thioether (sulfide) groups is 1. The number of hydrogen-bond acceptors (Lipinski definition) is 6. The quantitative estimate of drug-likeness (QED) is 0.422. The van der Waals surface area contributed by atoms with Crippen LogP contribution in [0.4, 0.5) is 10.3 Å². The summed E-state index contributed by atoms with van der Waals surface area (Å²) in [5.74, 6) is 0.295. The predicted molar refractivity (Wildman–Crippen MR) is 125 cm³/mol. The number of hydrogen-bond donors (Lipinski definition) is 1. The average molecular weight is 463 g/mol. The molecule has 0 radical (unpaired) electrons. The van der Waals surface area contributed by atoms with Crippen LogP contribution in [0.1, 0.15) is 48.7 Å². The van der Waals surface area contributed by atoms with Gasteiger partial charge in [-0.3, -0.25) is 9.59 Å². The van der Waals surface area contributed by atoms with E-state index in [9.17, 15) is 14.0 Å². The van der Waals surface area contributed by atoms with Crippen molar-refractivity contribution in [3.63, 3.8) is 0 Å². The fraction of sp³-hybridized carbons (Fsp3) is 0.280. The first-order valence-corrected chi connectivity index (χ1v) is 11.8. The van der Waals surface area contributed by atoms with E-state index in [-0.39, 0.29) is 34.6 Å². The molecule has 1 N–H and O–H groups in total. The number of allylic oxidation sites excluding steroid dienone is 2. The smallest absolute Gasteiger partial charge is 0.227 e. The van der Waals surface area contributed by atoms with Gasteiger partial charge < -0.3 is 5.32 Å². The molecule has 0 saturated carbocycles. The second-order valence-corrected chi connectivity index (χ2v) is 10.1. The Morgan fingerprint density at radius 2 is 1.88 bits per heavy atom. The van der Waals surface area contributed by atoms with Gasteiger partial charge in [-0.25, -0.2) is 9.07 Å². The lowest BCUT2D eigenvalue weighted by Gasteiger charge is -2.38. The van der Waals surface area contributed by atoms with Gasteiger partial charge in [0.05, 0.1) is 5.75 Å². The van der Waals surface area contributed by atoms with Crippen LogP contribution in [0.2, 0.25) is 0 Å². The number of Topliss-reactive ketones (excluding diaryl/α,β-unsaturated/α-hetero) is 2. The predicted octanol–water partition coefficient (Wildman–Crippen LogP) is 5.05. The number of anilines is 1. The molecule has 0 saturated heterocycles. The number of carbonyl (C=O) groups excluding carboxylic acids is 2. The molecule has 0 unspecified atom stereocenters. The lowest BCUT2D eigenvalue weighted by Crippen LogP contribution is -2.36. The van der Waals surface area contributed by atoms with Crippen molar-refractivity contribution < 1.29 is 14.0 Å². The topological polar surface area (TPSA) is 76.9 Å². The molecular weight excluding hydrogens is 439 g/mol. The Morgan fingerprint density at radius 3 is 2.61 bits per heavy atom. The first-order chi connectivity index (χ1) is 15.8. The zero-order chi connectivity index (χ0) is 23.2. The van der Waals surface area contributed by atoms with E-state index in [0.717, 1.165) is 23.3 Å². The summed E-state index contributed by atoms with van der Waals surface area (Å²) in [5, 5.41) is 8.44. The van der Waals surface area contributed by atoms with Gasteiger partial charge in [-0.15, -0.1) is 5.10 Å². The van der Waals surface area contributed by atoms with E-state index in [1.165, 1.54) is 36.0 Å². The zero-order valence-corrected chi connectivity index (χ0v) is 19.2. The number of ketones is 2. The van der Waals surface area contributed by atoms with Crippen molar-refractivity contribution in [1.82, 2.24) is 14.8 Å². The molecule has 8 heteroatoms. The highest BCUT2D eigenvalue weighted by atomic mass is 32.2. The molecule has 0 amide bonds. The van der Waals surface area contributed by atoms with Gasteiger partial charge in [0.2, 0.25) is 11.1 Å². The normalized spacial score (nSPS) is 19.0. The van der Waals surface area contributed by atoms with Gasteiger partial charge in [0.1, 0.15) is 11.9 Å². The van der Waals surface area contributed by atoms with Crippen LogP contribution in [-0.4, -0.2) is 32.1 Å². The van der Waals surface area contributed by atoms with E-state index in [2.05, 4.69) is 29.2 Å². The molecule has 0 fully saturated rings. The molecule has 6 nitrogen and oxygen atoms in total. The Kier molecular flexibility index (Phi) is 5.40. The van der Waals surface area contributed by atoms with Crippen LogP contribution in [0, 0.1) is 11.2 Å². The molecule has 2 aliphatic rings. The van der Waals surface area contributed by atoms with Gasteiger partial charge >= 0.3 is 0 Å². The van der Waals surface area contributed by atoms with Crippen molar-refractivity contribution in [2.75, 3.05) is 11.1 Å². The van der Waals surface area contributed by atoms with Crippen LogP contribution >= 0.6 is 11.8 Å². The van der Waals surface area contributed by atoms with Crippen LogP contribution in [0.15, 0.2) is 71.0 Å². The molecule has 1 aliphatic carbocycles. The Morgan fingerprint density at radius 1 is 1.15 bits per heavy atom. The number of fused-ring (bicyclic) bond motifs is 1. The lowest BCUT2D eigenvalue weighted by atomic mass is 9.73. The number of carbonyl (C=O) groups is 2. The first kappa shape index (κ1) is 21.6. The minimum absolute atomic E-state index is 0.115. The molecule has 2 heterocycles. The summed E-state index contributed by atoms with van der Waals surface area (Å²) >= 11 is 1.22. The van der Waals surface area contributed by atoms with Crippen LogP contribution in [-0.2, 0) is 4.79 Å². The fourth-order valence-electron chi connectivity index (χ4n) is 4.44. The Balaban J connectivity index is 1.46. The molecule has 0 bridgehead atoms. The van der Waals surface area contributed by atoms with Gasteiger partial charge in [-0.05, 0) is 41.7 Å². The molecule has 33 heavy (non-hydrogen) atoms. The molecular formula is C25H23FN4O2S. The van der Waals surface area contributed by atoms with Crippen molar-refractivity contribution in [3.05, 3.63) is 82.8 Å². The average Bonchev–Trinajstić information content (AvgIpc) is 3.18. The Bertz CT molecular complexity index is 1270. The van der Waals surface area contributed by atoms with Crippen LogP contribution < -0.4 is 5.32 Å². The number of rotatable bonds is 5. The molecule has 1 aliphatic heterocycles. The van der Waals surface area contributed by atoms with Crippen molar-refractivity contribution in [3.8, 4) is 0 Å². The number of benzene rings is 2. The number of halogens is 1. The largest absolute Gasteiger partial charge is 0.328 e. The third-order valence-electron chi connectivity index (χ3n) is 5.93. The maximum absolute atomic E-state index is 13.2. The Hall–Kier alpha value is -3.26. The second-order valence-electron chi connectivity index (χ2n) is 9.15. The minimum atomic E-state index is -0.380. The highest BCUT2D eigenvalue weighted by Gasteiger charge is 2.41. The molecule has 3 aromatic rings. The number of aromatic nitrogens is 3. The van der Waals surface area contributed by atoms with E-state index < -0.39 is 0 Å². The van der Waals surface area contributed by atoms with Gasteiger partial charge in [0.25, 0.3) is 0 Å². The van der Waals surface area contributed by atoms with Gasteiger partial charge in [0, 0.05) is 23.3 Å². The van der Waals surface area contributed by atoms with Crippen LogP contribution in [0.25, 0.3) is 0 Å². The molecule has 0 spiro atoms. The van der Waals surface area contributed by atoms with E-state index in [1.54, 1.807) is 4.68 Å². The second kappa shape index (κ2) is 8.26. The third kappa shape index (κ3) is 4.23. The maximum atomic E-state index is 13.2. The maximum Gasteiger partial charge on any atom is 0.227 e. The summed E-state index contributed by atoms with van der Waals surface area (Å²) < 4.78 is 14.9.